The van der Waals surface area contributed by atoms with Crippen molar-refractivity contribution in [1.29, 1.82) is 0 Å². The molecule has 0 atom stereocenters. The Bertz CT molecular complexity index is 1010. The number of hydrogen-bond donors (Lipinski definition) is 0. The highest BCUT2D eigenvalue weighted by Crippen LogP contribution is 2.28. The Balaban J connectivity index is 1.27. The second-order valence-corrected chi connectivity index (χ2v) is 7.59. The van der Waals surface area contributed by atoms with Crippen LogP contribution in [0.2, 0.25) is 0 Å². The molecule has 162 valence electrons. The molecule has 1 aromatic heterocycles. The Morgan fingerprint density at radius 1 is 0.968 bits per heavy atom. The number of ether oxygens (including phenoxy) is 2. The van der Waals surface area contributed by atoms with Crippen LogP contribution in [0.3, 0.4) is 0 Å². The highest BCUT2D eigenvalue weighted by Gasteiger charge is 2.19. The topological polar surface area (TPSA) is 51.0 Å². The van der Waals surface area contributed by atoms with Gasteiger partial charge in [0.2, 0.25) is 0 Å². The van der Waals surface area contributed by atoms with E-state index in [1.807, 2.05) is 61.5 Å². The van der Waals surface area contributed by atoms with E-state index in [1.54, 1.807) is 7.11 Å². The van der Waals surface area contributed by atoms with Crippen molar-refractivity contribution in [1.82, 2.24) is 10.1 Å². The van der Waals surface area contributed by atoms with Gasteiger partial charge < -0.3 is 18.9 Å². The predicted molar refractivity (Wildman–Crippen MR) is 124 cm³/mol. The van der Waals surface area contributed by atoms with Crippen molar-refractivity contribution in [3.63, 3.8) is 0 Å². The number of rotatable bonds is 8. The summed E-state index contributed by atoms with van der Waals surface area (Å²) in [6.07, 6.45) is 3.92. The lowest BCUT2D eigenvalue weighted by atomic mass is 10.2. The third-order valence-corrected chi connectivity index (χ3v) is 5.46. The van der Waals surface area contributed by atoms with E-state index in [1.165, 1.54) is 5.69 Å². The van der Waals surface area contributed by atoms with Crippen LogP contribution in [-0.2, 0) is 0 Å². The van der Waals surface area contributed by atoms with Gasteiger partial charge in [-0.3, -0.25) is 4.90 Å². The average Bonchev–Trinajstić information content (AvgIpc) is 3.24. The fourth-order valence-electron chi connectivity index (χ4n) is 3.77. The number of aryl methyl sites for hydroxylation is 1. The number of hydrogen-bond acceptors (Lipinski definition) is 6. The molecule has 0 radical (unpaired) electrons. The van der Waals surface area contributed by atoms with Gasteiger partial charge in [0.05, 0.1) is 18.5 Å². The number of benzene rings is 2. The second kappa shape index (κ2) is 10.2. The minimum atomic E-state index is 0.654. The van der Waals surface area contributed by atoms with E-state index in [-0.39, 0.29) is 0 Å². The van der Waals surface area contributed by atoms with Crippen molar-refractivity contribution in [2.75, 3.05) is 51.3 Å². The molecular weight excluding hydrogens is 390 g/mol. The molecule has 0 saturated carbocycles. The number of aromatic nitrogens is 1. The molecule has 4 rings (SSSR count). The van der Waals surface area contributed by atoms with Crippen molar-refractivity contribution in [2.24, 2.45) is 0 Å². The van der Waals surface area contributed by atoms with Gasteiger partial charge in [-0.1, -0.05) is 35.5 Å². The van der Waals surface area contributed by atoms with Crippen LogP contribution >= 0.6 is 0 Å². The molecular formula is C25H29N3O3. The fourth-order valence-corrected chi connectivity index (χ4v) is 3.77. The number of anilines is 1. The number of methoxy groups -OCH3 is 1. The van der Waals surface area contributed by atoms with Gasteiger partial charge in [0.15, 0.2) is 5.76 Å². The summed E-state index contributed by atoms with van der Waals surface area (Å²) in [6.45, 7) is 7.45. The third kappa shape index (κ3) is 5.47. The first-order valence-electron chi connectivity index (χ1n) is 10.7. The monoisotopic (exact) mass is 419 g/mol. The zero-order valence-corrected chi connectivity index (χ0v) is 18.2. The quantitative estimate of drug-likeness (QED) is 0.541. The fraction of sp³-hybridized carbons (Fsp3) is 0.320. The van der Waals surface area contributed by atoms with Crippen LogP contribution in [0.1, 0.15) is 17.0 Å². The largest absolute Gasteiger partial charge is 0.495 e. The normalized spacial score (nSPS) is 14.8. The Kier molecular flexibility index (Phi) is 6.89. The molecule has 1 saturated heterocycles. The van der Waals surface area contributed by atoms with Crippen LogP contribution in [0.15, 0.2) is 59.1 Å². The molecule has 0 bridgehead atoms. The highest BCUT2D eigenvalue weighted by atomic mass is 16.5. The van der Waals surface area contributed by atoms with Crippen molar-refractivity contribution < 1.29 is 14.0 Å². The zero-order valence-electron chi connectivity index (χ0n) is 18.2. The van der Waals surface area contributed by atoms with Crippen LogP contribution in [0.25, 0.3) is 12.2 Å². The molecule has 0 N–H and O–H groups in total. The summed E-state index contributed by atoms with van der Waals surface area (Å²) in [4.78, 5) is 4.84. The molecule has 0 aliphatic carbocycles. The summed E-state index contributed by atoms with van der Waals surface area (Å²) in [6, 6.07) is 18.2. The number of piperazine rings is 1. The predicted octanol–water partition coefficient (Wildman–Crippen LogP) is 4.36. The first-order chi connectivity index (χ1) is 15.2. The first kappa shape index (κ1) is 21.0. The summed E-state index contributed by atoms with van der Waals surface area (Å²) in [7, 11) is 1.73. The smallest absolute Gasteiger partial charge is 0.159 e. The van der Waals surface area contributed by atoms with Crippen molar-refractivity contribution in [3.8, 4) is 11.5 Å². The van der Waals surface area contributed by atoms with Crippen LogP contribution in [-0.4, -0.2) is 56.5 Å². The summed E-state index contributed by atoms with van der Waals surface area (Å²) >= 11 is 0. The molecule has 0 spiro atoms. The van der Waals surface area contributed by atoms with Gasteiger partial charge >= 0.3 is 0 Å². The molecule has 2 aromatic carbocycles. The van der Waals surface area contributed by atoms with Crippen LogP contribution in [0, 0.1) is 6.92 Å². The van der Waals surface area contributed by atoms with E-state index < -0.39 is 0 Å². The summed E-state index contributed by atoms with van der Waals surface area (Å²) in [5.41, 5.74) is 3.07. The molecule has 6 nitrogen and oxygen atoms in total. The van der Waals surface area contributed by atoms with Crippen molar-refractivity contribution in [3.05, 3.63) is 71.6 Å². The molecule has 1 aliphatic rings. The maximum absolute atomic E-state index is 6.11. The van der Waals surface area contributed by atoms with Gasteiger partial charge in [0.1, 0.15) is 18.1 Å². The Morgan fingerprint density at radius 2 is 1.71 bits per heavy atom. The number of para-hydroxylation sites is 3. The average molecular weight is 420 g/mol. The molecule has 0 unspecified atom stereocenters. The Morgan fingerprint density at radius 3 is 2.45 bits per heavy atom. The van der Waals surface area contributed by atoms with E-state index in [0.717, 1.165) is 61.2 Å². The number of nitrogens with zero attached hydrogens (tertiary/aromatic N) is 3. The minimum absolute atomic E-state index is 0.654. The maximum Gasteiger partial charge on any atom is 0.159 e. The SMILES string of the molecule is COc1ccccc1N1CCN(CCOc2ccccc2/C=C/c2cc(C)no2)CC1. The second-order valence-electron chi connectivity index (χ2n) is 7.59. The van der Waals surface area contributed by atoms with Gasteiger partial charge in [0, 0.05) is 44.4 Å². The molecule has 6 heteroatoms. The maximum atomic E-state index is 6.11. The molecule has 1 aliphatic heterocycles. The van der Waals surface area contributed by atoms with Gasteiger partial charge in [0.25, 0.3) is 0 Å². The summed E-state index contributed by atoms with van der Waals surface area (Å²) in [5, 5.41) is 3.91. The first-order valence-corrected chi connectivity index (χ1v) is 10.7. The van der Waals surface area contributed by atoms with Crippen molar-refractivity contribution >= 4 is 17.8 Å². The van der Waals surface area contributed by atoms with Crippen molar-refractivity contribution in [2.45, 2.75) is 6.92 Å². The van der Waals surface area contributed by atoms with Gasteiger partial charge in [-0.25, -0.2) is 0 Å². The lowest BCUT2D eigenvalue weighted by Gasteiger charge is -2.36. The van der Waals surface area contributed by atoms with E-state index in [9.17, 15) is 0 Å². The van der Waals surface area contributed by atoms with E-state index in [4.69, 9.17) is 14.0 Å². The van der Waals surface area contributed by atoms with Crippen LogP contribution in [0.4, 0.5) is 5.69 Å². The highest BCUT2D eigenvalue weighted by molar-refractivity contribution is 5.70. The van der Waals surface area contributed by atoms with Gasteiger partial charge in [-0.15, -0.1) is 0 Å². The summed E-state index contributed by atoms with van der Waals surface area (Å²) in [5.74, 6) is 2.55. The van der Waals surface area contributed by atoms with Crippen LogP contribution < -0.4 is 14.4 Å². The van der Waals surface area contributed by atoms with Crippen LogP contribution in [0.5, 0.6) is 11.5 Å². The Hall–Kier alpha value is -3.25. The zero-order chi connectivity index (χ0) is 21.5. The van der Waals surface area contributed by atoms with Gasteiger partial charge in [-0.05, 0) is 37.3 Å². The lowest BCUT2D eigenvalue weighted by molar-refractivity contribution is 0.200. The molecule has 3 aromatic rings. The minimum Gasteiger partial charge on any atom is -0.495 e. The van der Waals surface area contributed by atoms with E-state index in [2.05, 4.69) is 27.1 Å². The summed E-state index contributed by atoms with van der Waals surface area (Å²) < 4.78 is 16.9. The third-order valence-electron chi connectivity index (χ3n) is 5.46. The molecule has 0 amide bonds. The van der Waals surface area contributed by atoms with Gasteiger partial charge in [-0.2, -0.15) is 0 Å². The standard InChI is InChI=1S/C25H29N3O3/c1-20-19-22(31-26-20)12-11-21-7-3-5-9-24(21)30-18-17-27-13-15-28(16-14-27)23-8-4-6-10-25(23)29-2/h3-12,19H,13-18H2,1-2H3/b12-11+. The lowest BCUT2D eigenvalue weighted by Crippen LogP contribution is -2.47. The molecule has 2 heterocycles. The van der Waals surface area contributed by atoms with E-state index >= 15 is 0 Å². The molecule has 1 fully saturated rings. The molecule has 31 heavy (non-hydrogen) atoms. The Labute approximate surface area is 183 Å². The van der Waals surface area contributed by atoms with E-state index in [0.29, 0.717) is 6.61 Å².